The van der Waals surface area contributed by atoms with Gasteiger partial charge in [-0.1, -0.05) is 15.9 Å². The predicted octanol–water partition coefficient (Wildman–Crippen LogP) is 1.54. The molecule has 0 radical (unpaired) electrons. The normalized spacial score (nSPS) is 12.4. The Bertz CT molecular complexity index is 373. The average molecular weight is 291 g/mol. The molecule has 0 aliphatic heterocycles. The van der Waals surface area contributed by atoms with Gasteiger partial charge in [-0.15, -0.1) is 11.8 Å². The summed E-state index contributed by atoms with van der Waals surface area (Å²) in [4.78, 5) is 11.3. The summed E-state index contributed by atoms with van der Waals surface area (Å²) in [5.74, 6) is -0.702. The minimum atomic E-state index is -1.00. The third kappa shape index (κ3) is 3.73. The number of nitrogens with two attached hydrogens (primary N) is 2. The lowest BCUT2D eigenvalue weighted by atomic mass is 10.3. The zero-order valence-electron chi connectivity index (χ0n) is 7.81. The van der Waals surface area contributed by atoms with Gasteiger partial charge in [-0.25, -0.2) is 0 Å². The number of anilines is 1. The van der Waals surface area contributed by atoms with E-state index in [9.17, 15) is 4.79 Å². The van der Waals surface area contributed by atoms with Gasteiger partial charge in [-0.2, -0.15) is 0 Å². The second-order valence-corrected chi connectivity index (χ2v) is 4.92. The highest BCUT2D eigenvalue weighted by Crippen LogP contribution is 2.28. The van der Waals surface area contributed by atoms with Crippen molar-refractivity contribution in [2.45, 2.75) is 10.9 Å². The van der Waals surface area contributed by atoms with Crippen LogP contribution in [0.2, 0.25) is 0 Å². The molecule has 5 N–H and O–H groups in total. The Balaban J connectivity index is 2.65. The van der Waals surface area contributed by atoms with Gasteiger partial charge in [0.15, 0.2) is 0 Å². The molecule has 0 aromatic heterocycles. The van der Waals surface area contributed by atoms with Gasteiger partial charge < -0.3 is 16.6 Å². The fourth-order valence-corrected chi connectivity index (χ4v) is 2.34. The smallest absolute Gasteiger partial charge is 0.321 e. The largest absolute Gasteiger partial charge is 0.480 e. The summed E-state index contributed by atoms with van der Waals surface area (Å²) in [5.41, 5.74) is 11.7. The number of nitrogen functional groups attached to an aromatic ring is 1. The Hall–Kier alpha value is -0.720. The van der Waals surface area contributed by atoms with Crippen LogP contribution >= 0.6 is 27.7 Å². The number of hydrogen-bond donors (Lipinski definition) is 3. The van der Waals surface area contributed by atoms with Crippen LogP contribution in [0, 0.1) is 0 Å². The van der Waals surface area contributed by atoms with Gasteiger partial charge in [0.05, 0.1) is 0 Å². The van der Waals surface area contributed by atoms with E-state index in [0.717, 1.165) is 9.37 Å². The number of rotatable bonds is 4. The van der Waals surface area contributed by atoms with E-state index < -0.39 is 12.0 Å². The van der Waals surface area contributed by atoms with Crippen molar-refractivity contribution in [1.82, 2.24) is 0 Å². The number of hydrogen-bond acceptors (Lipinski definition) is 4. The molecule has 1 atom stereocenters. The maximum atomic E-state index is 10.5. The molecule has 0 bridgehead atoms. The summed E-state index contributed by atoms with van der Waals surface area (Å²) in [6.07, 6.45) is 0. The zero-order chi connectivity index (χ0) is 11.4. The molecule has 6 heteroatoms. The first-order valence-corrected chi connectivity index (χ1v) is 5.95. The fourth-order valence-electron chi connectivity index (χ4n) is 0.884. The Kier molecular flexibility index (Phi) is 4.44. The minimum Gasteiger partial charge on any atom is -0.480 e. The number of carboxylic acids is 1. The number of carboxylic acid groups (broad SMARTS) is 1. The lowest BCUT2D eigenvalue weighted by Gasteiger charge is -2.08. The van der Waals surface area contributed by atoms with Crippen LogP contribution in [-0.4, -0.2) is 22.9 Å². The molecular weight excluding hydrogens is 280 g/mol. The average Bonchev–Trinajstić information content (AvgIpc) is 2.18. The van der Waals surface area contributed by atoms with Crippen LogP contribution in [0.5, 0.6) is 0 Å². The summed E-state index contributed by atoms with van der Waals surface area (Å²) in [5, 5.41) is 8.61. The molecule has 0 heterocycles. The standard InChI is InChI=1S/C9H11BrN2O2S/c10-5-1-2-6(11)8(3-5)15-4-7(12)9(13)14/h1-3,7H,4,11-12H2,(H,13,14). The van der Waals surface area contributed by atoms with Gasteiger partial charge in [-0.3, -0.25) is 4.79 Å². The minimum absolute atomic E-state index is 0.302. The molecule has 4 nitrogen and oxygen atoms in total. The second-order valence-electron chi connectivity index (χ2n) is 2.94. The first kappa shape index (κ1) is 12.4. The summed E-state index contributed by atoms with van der Waals surface area (Å²) in [7, 11) is 0. The van der Waals surface area contributed by atoms with Gasteiger partial charge in [0.2, 0.25) is 0 Å². The van der Waals surface area contributed by atoms with Crippen LogP contribution in [-0.2, 0) is 4.79 Å². The van der Waals surface area contributed by atoms with E-state index >= 15 is 0 Å². The molecule has 1 unspecified atom stereocenters. The first-order valence-electron chi connectivity index (χ1n) is 4.17. The highest BCUT2D eigenvalue weighted by Gasteiger charge is 2.12. The van der Waals surface area contributed by atoms with Crippen molar-refractivity contribution in [1.29, 1.82) is 0 Å². The van der Waals surface area contributed by atoms with E-state index in [1.165, 1.54) is 11.8 Å². The third-order valence-corrected chi connectivity index (χ3v) is 3.39. The lowest BCUT2D eigenvalue weighted by molar-refractivity contribution is -0.137. The predicted molar refractivity (Wildman–Crippen MR) is 64.9 cm³/mol. The maximum absolute atomic E-state index is 10.5. The lowest BCUT2D eigenvalue weighted by Crippen LogP contribution is -2.32. The van der Waals surface area contributed by atoms with Crippen molar-refractivity contribution in [3.63, 3.8) is 0 Å². The second kappa shape index (κ2) is 5.39. The van der Waals surface area contributed by atoms with Gasteiger partial charge in [0.1, 0.15) is 6.04 Å². The Labute approximate surface area is 100 Å². The van der Waals surface area contributed by atoms with Crippen LogP contribution in [0.3, 0.4) is 0 Å². The highest BCUT2D eigenvalue weighted by molar-refractivity contribution is 9.10. The fraction of sp³-hybridized carbons (Fsp3) is 0.222. The number of thioether (sulfide) groups is 1. The quantitative estimate of drug-likeness (QED) is 0.578. The summed E-state index contributed by atoms with van der Waals surface area (Å²) in [6, 6.07) is 4.57. The Morgan fingerprint density at radius 2 is 2.27 bits per heavy atom. The van der Waals surface area contributed by atoms with E-state index in [2.05, 4.69) is 15.9 Å². The SMILES string of the molecule is Nc1ccc(Br)cc1SCC(N)C(=O)O. The molecule has 15 heavy (non-hydrogen) atoms. The summed E-state index contributed by atoms with van der Waals surface area (Å²) >= 11 is 4.65. The molecule has 1 rings (SSSR count). The molecule has 0 saturated heterocycles. The molecule has 1 aromatic rings. The van der Waals surface area contributed by atoms with Crippen molar-refractivity contribution >= 4 is 39.3 Å². The van der Waals surface area contributed by atoms with Crippen molar-refractivity contribution < 1.29 is 9.90 Å². The zero-order valence-corrected chi connectivity index (χ0v) is 10.2. The maximum Gasteiger partial charge on any atom is 0.321 e. The molecule has 0 aliphatic carbocycles. The molecule has 0 fully saturated rings. The van der Waals surface area contributed by atoms with Gasteiger partial charge in [-0.05, 0) is 18.2 Å². The number of aliphatic carboxylic acids is 1. The summed E-state index contributed by atoms with van der Waals surface area (Å²) < 4.78 is 0.906. The van der Waals surface area contributed by atoms with Crippen LogP contribution in [0.1, 0.15) is 0 Å². The monoisotopic (exact) mass is 290 g/mol. The van der Waals surface area contributed by atoms with Crippen molar-refractivity contribution in [2.75, 3.05) is 11.5 Å². The number of halogens is 1. The Morgan fingerprint density at radius 3 is 2.87 bits per heavy atom. The topological polar surface area (TPSA) is 89.3 Å². The molecule has 0 amide bonds. The van der Waals surface area contributed by atoms with Gasteiger partial charge >= 0.3 is 5.97 Å². The van der Waals surface area contributed by atoms with Crippen LogP contribution in [0.25, 0.3) is 0 Å². The Morgan fingerprint density at radius 1 is 1.60 bits per heavy atom. The molecular formula is C9H11BrN2O2S. The molecule has 0 saturated carbocycles. The summed E-state index contributed by atoms with van der Waals surface area (Å²) in [6.45, 7) is 0. The van der Waals surface area contributed by atoms with Crippen LogP contribution in [0.4, 0.5) is 5.69 Å². The number of carbonyl (C=O) groups is 1. The van der Waals surface area contributed by atoms with E-state index in [-0.39, 0.29) is 0 Å². The molecule has 1 aromatic carbocycles. The van der Waals surface area contributed by atoms with E-state index in [0.29, 0.717) is 11.4 Å². The first-order chi connectivity index (χ1) is 7.00. The molecule has 0 spiro atoms. The molecule has 0 aliphatic rings. The van der Waals surface area contributed by atoms with Crippen LogP contribution < -0.4 is 11.5 Å². The van der Waals surface area contributed by atoms with Crippen molar-refractivity contribution in [3.05, 3.63) is 22.7 Å². The van der Waals surface area contributed by atoms with E-state index in [1.807, 2.05) is 12.1 Å². The highest BCUT2D eigenvalue weighted by atomic mass is 79.9. The van der Waals surface area contributed by atoms with Crippen molar-refractivity contribution in [3.8, 4) is 0 Å². The number of benzene rings is 1. The van der Waals surface area contributed by atoms with Crippen molar-refractivity contribution in [2.24, 2.45) is 5.73 Å². The van der Waals surface area contributed by atoms with E-state index in [1.54, 1.807) is 6.07 Å². The van der Waals surface area contributed by atoms with Crippen LogP contribution in [0.15, 0.2) is 27.6 Å². The van der Waals surface area contributed by atoms with Gasteiger partial charge in [0.25, 0.3) is 0 Å². The van der Waals surface area contributed by atoms with E-state index in [4.69, 9.17) is 16.6 Å². The van der Waals surface area contributed by atoms with Gasteiger partial charge in [0, 0.05) is 20.8 Å². The third-order valence-electron chi connectivity index (χ3n) is 1.71. The molecule has 82 valence electrons.